The number of methoxy groups -OCH3 is 1. The van der Waals surface area contributed by atoms with Gasteiger partial charge < -0.3 is 14.8 Å². The number of rotatable bonds is 5. The second kappa shape index (κ2) is 9.43. The molecule has 4 nitrogen and oxygen atoms in total. The van der Waals surface area contributed by atoms with E-state index < -0.39 is 0 Å². The number of ether oxygens (including phenoxy) is 2. The van der Waals surface area contributed by atoms with Crippen LogP contribution in [-0.4, -0.2) is 12.1 Å². The van der Waals surface area contributed by atoms with Crippen LogP contribution in [0.4, 0.5) is 11.4 Å². The fourth-order valence-corrected chi connectivity index (χ4v) is 3.36. The van der Waals surface area contributed by atoms with Crippen molar-refractivity contribution < 1.29 is 9.47 Å². The Bertz CT molecular complexity index is 1180. The third-order valence-corrected chi connectivity index (χ3v) is 4.94. The topological polar surface area (TPSA) is 43.4 Å². The molecule has 0 aliphatic heterocycles. The summed E-state index contributed by atoms with van der Waals surface area (Å²) in [5.74, 6) is 2.01. The summed E-state index contributed by atoms with van der Waals surface area (Å²) in [6, 6.07) is 20.5. The largest absolute Gasteiger partial charge is 0.497 e. The zero-order valence-corrected chi connectivity index (χ0v) is 18.6. The maximum atomic E-state index is 6.45. The quantitative estimate of drug-likeness (QED) is 0.329. The maximum absolute atomic E-state index is 6.45. The number of aryl methyl sites for hydroxylation is 1. The molecule has 0 saturated heterocycles. The molecule has 0 saturated carbocycles. The lowest BCUT2D eigenvalue weighted by Crippen LogP contribution is -1.96. The predicted molar refractivity (Wildman–Crippen MR) is 127 cm³/mol. The number of nitrogens with one attached hydrogen (secondary N) is 1. The van der Waals surface area contributed by atoms with Gasteiger partial charge in [0.25, 0.3) is 0 Å². The van der Waals surface area contributed by atoms with Gasteiger partial charge in [0.2, 0.25) is 0 Å². The first-order valence-corrected chi connectivity index (χ1v) is 9.73. The van der Waals surface area contributed by atoms with E-state index in [1.807, 2.05) is 49.4 Å². The lowest BCUT2D eigenvalue weighted by Gasteiger charge is -2.14. The van der Waals surface area contributed by atoms with Gasteiger partial charge in [-0.25, -0.2) is 0 Å². The monoisotopic (exact) mass is 460 g/mol. The van der Waals surface area contributed by atoms with Gasteiger partial charge in [-0.05, 0) is 73.7 Å². The van der Waals surface area contributed by atoms with Gasteiger partial charge in [0.1, 0.15) is 17.2 Å². The van der Waals surface area contributed by atoms with Crippen LogP contribution < -0.4 is 14.8 Å². The Morgan fingerprint density at radius 2 is 1.60 bits per heavy atom. The first-order chi connectivity index (χ1) is 14.0. The summed E-state index contributed by atoms with van der Waals surface area (Å²) >= 11 is 12.4. The Labute approximate surface area is 191 Å². The third-order valence-electron chi connectivity index (χ3n) is 4.40. The van der Waals surface area contributed by atoms with E-state index >= 15 is 0 Å². The van der Waals surface area contributed by atoms with Crippen molar-refractivity contribution in [2.24, 2.45) is 0 Å². The number of aromatic nitrogens is 1. The molecule has 0 amide bonds. The number of hydrogen-bond donors (Lipinski definition) is 1. The Kier molecular flexibility index (Phi) is 6.93. The van der Waals surface area contributed by atoms with Crippen LogP contribution in [0.3, 0.4) is 0 Å². The minimum absolute atomic E-state index is 0. The molecule has 0 fully saturated rings. The number of nitrogens with zero attached hydrogens (tertiary/aromatic N) is 1. The number of halogens is 3. The number of benzene rings is 3. The molecule has 7 heteroatoms. The average molecular weight is 462 g/mol. The molecule has 0 bridgehead atoms. The highest BCUT2D eigenvalue weighted by Crippen LogP contribution is 2.35. The van der Waals surface area contributed by atoms with Gasteiger partial charge in [0, 0.05) is 27.5 Å². The molecule has 3 aromatic carbocycles. The van der Waals surface area contributed by atoms with E-state index in [9.17, 15) is 0 Å². The molecule has 0 spiro atoms. The number of fused-ring (bicyclic) bond motifs is 1. The van der Waals surface area contributed by atoms with Crippen LogP contribution in [0.1, 0.15) is 5.69 Å². The molecular formula is C23H19Cl3N2O2. The summed E-state index contributed by atoms with van der Waals surface area (Å²) in [6.07, 6.45) is 0. The summed E-state index contributed by atoms with van der Waals surface area (Å²) in [4.78, 5) is 4.59. The fraction of sp³-hybridized carbons (Fsp3) is 0.0870. The van der Waals surface area contributed by atoms with Crippen LogP contribution in [0.15, 0.2) is 66.7 Å². The van der Waals surface area contributed by atoms with E-state index in [1.54, 1.807) is 31.4 Å². The molecule has 0 radical (unpaired) electrons. The minimum atomic E-state index is 0. The standard InChI is InChI=1S/C23H18Cl2N2O2.ClH/c1-14-11-22(19-13-18(28-2)8-9-21(19)26-14)27-16-5-10-23(20(25)12-16)29-17-6-3-15(24)4-7-17;/h3-13H,1-2H3,(H,26,27);1H. The zero-order chi connectivity index (χ0) is 20.4. The van der Waals surface area contributed by atoms with E-state index in [2.05, 4.69) is 10.3 Å². The average Bonchev–Trinajstić information content (AvgIpc) is 2.71. The molecule has 1 aromatic heterocycles. The van der Waals surface area contributed by atoms with Gasteiger partial charge in [-0.1, -0.05) is 23.2 Å². The van der Waals surface area contributed by atoms with Crippen LogP contribution in [-0.2, 0) is 0 Å². The Morgan fingerprint density at radius 3 is 2.30 bits per heavy atom. The molecule has 0 aliphatic rings. The van der Waals surface area contributed by atoms with Crippen molar-refractivity contribution in [2.75, 3.05) is 12.4 Å². The van der Waals surface area contributed by atoms with Gasteiger partial charge in [-0.15, -0.1) is 12.4 Å². The molecule has 1 heterocycles. The highest BCUT2D eigenvalue weighted by molar-refractivity contribution is 6.32. The fourth-order valence-electron chi connectivity index (χ4n) is 3.01. The summed E-state index contributed by atoms with van der Waals surface area (Å²) in [6.45, 7) is 1.96. The van der Waals surface area contributed by atoms with Crippen LogP contribution in [0, 0.1) is 6.92 Å². The Balaban J connectivity index is 0.00000256. The number of anilines is 2. The normalized spacial score (nSPS) is 10.4. The van der Waals surface area contributed by atoms with Crippen molar-refractivity contribution in [3.63, 3.8) is 0 Å². The van der Waals surface area contributed by atoms with Crippen LogP contribution in [0.5, 0.6) is 17.2 Å². The molecule has 0 aliphatic carbocycles. The minimum Gasteiger partial charge on any atom is -0.497 e. The number of hydrogen-bond acceptors (Lipinski definition) is 4. The second-order valence-electron chi connectivity index (χ2n) is 6.52. The molecule has 154 valence electrons. The van der Waals surface area contributed by atoms with Gasteiger partial charge in [-0.3, -0.25) is 4.98 Å². The summed E-state index contributed by atoms with van der Waals surface area (Å²) in [5.41, 5.74) is 3.57. The summed E-state index contributed by atoms with van der Waals surface area (Å²) in [5, 5.41) is 5.54. The molecule has 0 unspecified atom stereocenters. The Hall–Kier alpha value is -2.66. The SMILES string of the molecule is COc1ccc2nc(C)cc(Nc3ccc(Oc4ccc(Cl)cc4)c(Cl)c3)c2c1.Cl. The van der Waals surface area contributed by atoms with Gasteiger partial charge in [-0.2, -0.15) is 0 Å². The third kappa shape index (κ3) is 4.90. The van der Waals surface area contributed by atoms with Crippen LogP contribution >= 0.6 is 35.6 Å². The Morgan fingerprint density at radius 1 is 0.867 bits per heavy atom. The van der Waals surface area contributed by atoms with E-state index in [1.165, 1.54) is 0 Å². The van der Waals surface area contributed by atoms with E-state index in [4.69, 9.17) is 32.7 Å². The van der Waals surface area contributed by atoms with E-state index in [-0.39, 0.29) is 12.4 Å². The van der Waals surface area contributed by atoms with Crippen LogP contribution in [0.2, 0.25) is 10.0 Å². The smallest absolute Gasteiger partial charge is 0.146 e. The summed E-state index contributed by atoms with van der Waals surface area (Å²) < 4.78 is 11.2. The van der Waals surface area contributed by atoms with Crippen molar-refractivity contribution in [1.29, 1.82) is 0 Å². The van der Waals surface area contributed by atoms with Gasteiger partial charge in [0.15, 0.2) is 0 Å². The molecule has 4 rings (SSSR count). The lowest BCUT2D eigenvalue weighted by molar-refractivity contribution is 0.415. The van der Waals surface area contributed by atoms with Crippen molar-refractivity contribution in [3.05, 3.63) is 82.5 Å². The van der Waals surface area contributed by atoms with Crippen molar-refractivity contribution in [3.8, 4) is 17.2 Å². The van der Waals surface area contributed by atoms with Crippen LogP contribution in [0.25, 0.3) is 10.9 Å². The van der Waals surface area contributed by atoms with E-state index in [0.29, 0.717) is 21.5 Å². The molecule has 1 N–H and O–H groups in total. The molecular weight excluding hydrogens is 443 g/mol. The highest BCUT2D eigenvalue weighted by atomic mass is 35.5. The number of pyridine rings is 1. The molecule has 4 aromatic rings. The van der Waals surface area contributed by atoms with Gasteiger partial charge in [0.05, 0.1) is 17.6 Å². The summed E-state index contributed by atoms with van der Waals surface area (Å²) in [7, 11) is 1.65. The van der Waals surface area contributed by atoms with Crippen molar-refractivity contribution in [1.82, 2.24) is 4.98 Å². The van der Waals surface area contributed by atoms with E-state index in [0.717, 1.165) is 33.7 Å². The predicted octanol–water partition coefficient (Wildman–Crippen LogP) is 7.82. The molecule has 30 heavy (non-hydrogen) atoms. The first-order valence-electron chi connectivity index (χ1n) is 8.97. The highest BCUT2D eigenvalue weighted by Gasteiger charge is 2.09. The zero-order valence-electron chi connectivity index (χ0n) is 16.3. The van der Waals surface area contributed by atoms with Crippen molar-refractivity contribution >= 4 is 57.9 Å². The lowest BCUT2D eigenvalue weighted by atomic mass is 10.1. The van der Waals surface area contributed by atoms with Gasteiger partial charge >= 0.3 is 0 Å². The second-order valence-corrected chi connectivity index (χ2v) is 7.36. The van der Waals surface area contributed by atoms with Crippen molar-refractivity contribution in [2.45, 2.75) is 6.92 Å². The maximum Gasteiger partial charge on any atom is 0.146 e. The first kappa shape index (κ1) is 22.0. The molecule has 0 atom stereocenters.